The molecule has 4 aliphatic heterocycles. The number of hydrogen-bond donors (Lipinski definition) is 4. The van der Waals surface area contributed by atoms with Crippen molar-refractivity contribution in [2.24, 2.45) is 0 Å². The highest BCUT2D eigenvalue weighted by Gasteiger charge is 2.53. The number of hydrogen-bond acceptors (Lipinski definition) is 15. The molecule has 258 valence electrons. The van der Waals surface area contributed by atoms with Gasteiger partial charge in [0, 0.05) is 42.4 Å². The van der Waals surface area contributed by atoms with Gasteiger partial charge in [0.05, 0.1) is 6.61 Å². The molecule has 1 fully saturated rings. The third-order valence-corrected chi connectivity index (χ3v) is 7.59. The lowest BCUT2D eigenvalue weighted by atomic mass is 9.98. The minimum absolute atomic E-state index is 0.0208. The van der Waals surface area contributed by atoms with Gasteiger partial charge in [-0.15, -0.1) is 0 Å². The Morgan fingerprint density at radius 3 is 1.41 bits per heavy atom. The summed E-state index contributed by atoms with van der Waals surface area (Å²) >= 11 is 0. The minimum atomic E-state index is -1.59. The number of methoxy groups -OCH3 is 1. The van der Waals surface area contributed by atoms with Crippen LogP contribution in [0.5, 0.6) is 34.5 Å². The summed E-state index contributed by atoms with van der Waals surface area (Å²) < 4.78 is 60.3. The Hall–Kier alpha value is -5.85. The van der Waals surface area contributed by atoms with Gasteiger partial charge < -0.3 is 57.2 Å². The van der Waals surface area contributed by atoms with Gasteiger partial charge in [-0.2, -0.15) is 0 Å². The normalized spacial score (nSPS) is 22.5. The van der Waals surface area contributed by atoms with E-state index in [9.17, 15) is 19.5 Å². The van der Waals surface area contributed by atoms with E-state index >= 15 is 0 Å². The molecular weight excluding hydrogens is 654 g/mol. The van der Waals surface area contributed by atoms with E-state index in [1.165, 1.54) is 25.3 Å². The largest absolute Gasteiger partial charge is 0.454 e. The quantitative estimate of drug-likeness (QED) is 0.251. The van der Waals surface area contributed by atoms with Crippen LogP contribution < -0.4 is 44.4 Å². The van der Waals surface area contributed by atoms with E-state index < -0.39 is 55.6 Å². The SMILES string of the molecule is CO[C@H]1O[C@H](CO)[C@@H](OC(=O)Nc2ccc3c(c2)OCO3)[C@H](OC(=O)Nc2ccc3c(c2)OCO3)[C@@H]1OC(=O)Nc1ccc2c(c1)OCO2. The number of benzene rings is 3. The molecule has 1 saturated heterocycles. The highest BCUT2D eigenvalue weighted by atomic mass is 16.7. The molecule has 0 aliphatic carbocycles. The van der Waals surface area contributed by atoms with Crippen molar-refractivity contribution in [3.8, 4) is 34.5 Å². The van der Waals surface area contributed by atoms with Crippen molar-refractivity contribution >= 4 is 35.3 Å². The molecule has 0 radical (unpaired) electrons. The Kier molecular flexibility index (Phi) is 8.88. The summed E-state index contributed by atoms with van der Waals surface area (Å²) in [5.41, 5.74) is 0.858. The number of aliphatic hydroxyl groups excluding tert-OH is 1. The molecular formula is C31H29N3O15. The van der Waals surface area contributed by atoms with Gasteiger partial charge in [0.25, 0.3) is 0 Å². The highest BCUT2D eigenvalue weighted by Crippen LogP contribution is 2.37. The Morgan fingerprint density at radius 1 is 0.612 bits per heavy atom. The number of amides is 3. The maximum atomic E-state index is 13.3. The topological polar surface area (TPSA) is 209 Å². The van der Waals surface area contributed by atoms with Crippen LogP contribution in [-0.2, 0) is 23.7 Å². The lowest BCUT2D eigenvalue weighted by Gasteiger charge is -2.43. The van der Waals surface area contributed by atoms with E-state index in [0.717, 1.165) is 0 Å². The first-order valence-corrected chi connectivity index (χ1v) is 14.8. The van der Waals surface area contributed by atoms with E-state index in [0.29, 0.717) is 40.2 Å². The van der Waals surface area contributed by atoms with Crippen LogP contribution >= 0.6 is 0 Å². The van der Waals surface area contributed by atoms with E-state index in [2.05, 4.69) is 16.0 Å². The van der Waals surface area contributed by atoms with Crippen LogP contribution in [0.25, 0.3) is 0 Å². The number of ether oxygens (including phenoxy) is 11. The standard InChI is InChI=1S/C31H29N3O15/c1-39-28-27(49-31(38)34-17-4-7-20-23(10-17)45-14-42-20)26(48-30(37)33-16-3-6-19-22(9-16)44-13-41-19)25(24(11-35)46-28)47-29(36)32-15-2-5-18-21(8-15)43-12-40-18/h2-10,24-28,35H,11-14H2,1H3,(H,32,36)(H,33,37)(H,34,38)/t24-,25-,26+,27+,28+/m1/s1. The number of carbonyl (C=O) groups is 3. The molecule has 4 heterocycles. The maximum absolute atomic E-state index is 13.3. The van der Waals surface area contributed by atoms with Crippen molar-refractivity contribution in [3.05, 3.63) is 54.6 Å². The number of fused-ring (bicyclic) bond motifs is 3. The van der Waals surface area contributed by atoms with E-state index in [1.807, 2.05) is 0 Å². The zero-order valence-corrected chi connectivity index (χ0v) is 25.6. The van der Waals surface area contributed by atoms with E-state index in [-0.39, 0.29) is 31.8 Å². The Bertz CT molecular complexity index is 1650. The number of aliphatic hydroxyl groups is 1. The average molecular weight is 684 g/mol. The van der Waals surface area contributed by atoms with Gasteiger partial charge in [-0.05, 0) is 36.4 Å². The monoisotopic (exact) mass is 683 g/mol. The first-order valence-electron chi connectivity index (χ1n) is 14.8. The molecule has 4 aliphatic rings. The summed E-state index contributed by atoms with van der Waals surface area (Å²) in [5, 5.41) is 17.9. The van der Waals surface area contributed by atoms with Crippen LogP contribution in [0.2, 0.25) is 0 Å². The smallest absolute Gasteiger partial charge is 0.412 e. The first-order chi connectivity index (χ1) is 23.9. The van der Waals surface area contributed by atoms with Crippen molar-refractivity contribution in [3.63, 3.8) is 0 Å². The fraction of sp³-hybridized carbons (Fsp3) is 0.323. The zero-order valence-electron chi connectivity index (χ0n) is 25.6. The van der Waals surface area contributed by atoms with Gasteiger partial charge in [0.15, 0.2) is 59.1 Å². The maximum Gasteiger partial charge on any atom is 0.412 e. The van der Waals surface area contributed by atoms with Crippen molar-refractivity contribution < 1.29 is 71.6 Å². The molecule has 0 bridgehead atoms. The summed E-state index contributed by atoms with van der Waals surface area (Å²) in [6.07, 6.45) is -10.4. The molecule has 49 heavy (non-hydrogen) atoms. The number of nitrogens with one attached hydrogen (secondary N) is 3. The lowest BCUT2D eigenvalue weighted by Crippen LogP contribution is -2.63. The van der Waals surface area contributed by atoms with Gasteiger partial charge in [-0.3, -0.25) is 16.0 Å². The van der Waals surface area contributed by atoms with Crippen LogP contribution in [0.1, 0.15) is 0 Å². The van der Waals surface area contributed by atoms with Gasteiger partial charge in [-0.1, -0.05) is 0 Å². The summed E-state index contributed by atoms with van der Waals surface area (Å²) in [5.74, 6) is 2.68. The van der Waals surface area contributed by atoms with Crippen molar-refractivity contribution in [1.29, 1.82) is 0 Å². The molecule has 3 amide bonds. The van der Waals surface area contributed by atoms with Gasteiger partial charge in [0.2, 0.25) is 20.4 Å². The predicted molar refractivity (Wildman–Crippen MR) is 162 cm³/mol. The second-order valence-corrected chi connectivity index (χ2v) is 10.7. The molecule has 3 aromatic carbocycles. The number of carbonyl (C=O) groups excluding carboxylic acids is 3. The molecule has 7 rings (SSSR count). The molecule has 4 N–H and O–H groups in total. The second kappa shape index (κ2) is 13.7. The molecule has 18 nitrogen and oxygen atoms in total. The molecule has 3 aromatic rings. The zero-order chi connectivity index (χ0) is 33.9. The van der Waals surface area contributed by atoms with Gasteiger partial charge >= 0.3 is 18.3 Å². The lowest BCUT2D eigenvalue weighted by molar-refractivity contribution is -0.290. The fourth-order valence-electron chi connectivity index (χ4n) is 5.35. The fourth-order valence-corrected chi connectivity index (χ4v) is 5.35. The van der Waals surface area contributed by atoms with Crippen molar-refractivity contribution in [2.75, 3.05) is 50.0 Å². The van der Waals surface area contributed by atoms with Gasteiger partial charge in [-0.25, -0.2) is 14.4 Å². The molecule has 18 heteroatoms. The Balaban J connectivity index is 1.12. The Morgan fingerprint density at radius 2 is 1.00 bits per heavy atom. The molecule has 0 unspecified atom stereocenters. The molecule has 0 saturated carbocycles. The summed E-state index contributed by atoms with van der Waals surface area (Å²) in [6, 6.07) is 14.0. The van der Waals surface area contributed by atoms with E-state index in [4.69, 9.17) is 52.1 Å². The van der Waals surface area contributed by atoms with Crippen LogP contribution in [0.4, 0.5) is 31.4 Å². The van der Waals surface area contributed by atoms with Crippen LogP contribution in [0, 0.1) is 0 Å². The highest BCUT2D eigenvalue weighted by molar-refractivity contribution is 5.87. The third kappa shape index (κ3) is 6.91. The summed E-state index contributed by atoms with van der Waals surface area (Å²) in [6.45, 7) is -0.631. The Labute approximate surface area is 276 Å². The van der Waals surface area contributed by atoms with E-state index in [1.54, 1.807) is 36.4 Å². The second-order valence-electron chi connectivity index (χ2n) is 10.7. The van der Waals surface area contributed by atoms with Crippen LogP contribution in [-0.4, -0.2) is 88.2 Å². The first kappa shape index (κ1) is 31.7. The van der Waals surface area contributed by atoms with Crippen molar-refractivity contribution in [1.82, 2.24) is 0 Å². The average Bonchev–Trinajstić information content (AvgIpc) is 3.87. The van der Waals surface area contributed by atoms with Crippen LogP contribution in [0.15, 0.2) is 54.6 Å². The van der Waals surface area contributed by atoms with Gasteiger partial charge in [0.1, 0.15) is 6.10 Å². The molecule has 0 spiro atoms. The molecule has 5 atom stereocenters. The predicted octanol–water partition coefficient (Wildman–Crippen LogP) is 3.39. The van der Waals surface area contributed by atoms with Crippen molar-refractivity contribution in [2.45, 2.75) is 30.7 Å². The number of rotatable bonds is 8. The number of anilines is 3. The molecule has 0 aromatic heterocycles. The minimum Gasteiger partial charge on any atom is -0.454 e. The summed E-state index contributed by atoms with van der Waals surface area (Å²) in [4.78, 5) is 39.7. The summed E-state index contributed by atoms with van der Waals surface area (Å²) in [7, 11) is 1.25. The van der Waals surface area contributed by atoms with Crippen LogP contribution in [0.3, 0.4) is 0 Å². The third-order valence-electron chi connectivity index (χ3n) is 7.59.